The molecule has 2 aliphatic carbocycles. The number of carbonyl (C=O) groups excluding carboxylic acids is 1. The Labute approximate surface area is 153 Å². The summed E-state index contributed by atoms with van der Waals surface area (Å²) >= 11 is 6.07. The van der Waals surface area contributed by atoms with E-state index in [4.69, 9.17) is 17.3 Å². The van der Waals surface area contributed by atoms with Gasteiger partial charge in [0.25, 0.3) is 5.91 Å². The molecule has 0 saturated heterocycles. The molecule has 1 amide bonds. The summed E-state index contributed by atoms with van der Waals surface area (Å²) in [6.45, 7) is 0. The molecule has 2 unspecified atom stereocenters. The van der Waals surface area contributed by atoms with Crippen molar-refractivity contribution in [3.63, 3.8) is 0 Å². The molecule has 2 aromatic carbocycles. The van der Waals surface area contributed by atoms with Crippen LogP contribution in [0.15, 0.2) is 36.4 Å². The van der Waals surface area contributed by atoms with Crippen LogP contribution in [0, 0.1) is 0 Å². The van der Waals surface area contributed by atoms with E-state index in [0.717, 1.165) is 49.1 Å². The highest BCUT2D eigenvalue weighted by molar-refractivity contribution is 6.30. The van der Waals surface area contributed by atoms with E-state index >= 15 is 0 Å². The third-order valence-electron chi connectivity index (χ3n) is 5.41. The number of hydrogen-bond acceptors (Lipinski definition) is 2. The van der Waals surface area contributed by atoms with Crippen LogP contribution in [0.1, 0.15) is 45.5 Å². The fraction of sp³-hybridized carbons (Fsp3) is 0.381. The number of amides is 1. The van der Waals surface area contributed by atoms with Crippen LogP contribution in [0.5, 0.6) is 0 Å². The Morgan fingerprint density at radius 1 is 1.00 bits per heavy atom. The molecule has 2 aliphatic rings. The second kappa shape index (κ2) is 6.81. The average Bonchev–Trinajstić information content (AvgIpc) is 2.86. The van der Waals surface area contributed by atoms with Crippen molar-refractivity contribution >= 4 is 17.5 Å². The molecule has 0 aliphatic heterocycles. The number of nitrogens with two attached hydrogens (primary N) is 1. The van der Waals surface area contributed by atoms with Crippen LogP contribution in [-0.2, 0) is 25.7 Å². The Bertz CT molecular complexity index is 818. The lowest BCUT2D eigenvalue weighted by Gasteiger charge is -2.14. The molecule has 4 rings (SSSR count). The van der Waals surface area contributed by atoms with E-state index in [1.807, 2.05) is 24.3 Å². The molecule has 0 aromatic heterocycles. The summed E-state index contributed by atoms with van der Waals surface area (Å²) in [5, 5.41) is 3.94. The van der Waals surface area contributed by atoms with Gasteiger partial charge in [0.05, 0.1) is 0 Å². The molecule has 2 aromatic rings. The monoisotopic (exact) mass is 354 g/mol. The maximum absolute atomic E-state index is 12.7. The van der Waals surface area contributed by atoms with Crippen LogP contribution < -0.4 is 11.1 Å². The van der Waals surface area contributed by atoms with Crippen LogP contribution >= 0.6 is 11.6 Å². The maximum Gasteiger partial charge on any atom is 0.251 e. The zero-order valence-electron chi connectivity index (χ0n) is 14.2. The molecule has 0 bridgehead atoms. The second-order valence-electron chi connectivity index (χ2n) is 7.33. The fourth-order valence-corrected chi connectivity index (χ4v) is 4.29. The minimum atomic E-state index is 0.00419. The van der Waals surface area contributed by atoms with Crippen molar-refractivity contribution in [2.24, 2.45) is 5.73 Å². The van der Waals surface area contributed by atoms with E-state index in [-0.39, 0.29) is 18.0 Å². The van der Waals surface area contributed by atoms with Crippen LogP contribution in [0.25, 0.3) is 0 Å². The Hall–Kier alpha value is -1.84. The van der Waals surface area contributed by atoms with Gasteiger partial charge < -0.3 is 11.1 Å². The van der Waals surface area contributed by atoms with Crippen molar-refractivity contribution in [1.29, 1.82) is 0 Å². The lowest BCUT2D eigenvalue weighted by Crippen LogP contribution is -2.35. The molecule has 0 heterocycles. The van der Waals surface area contributed by atoms with Crippen molar-refractivity contribution in [1.82, 2.24) is 5.32 Å². The fourth-order valence-electron chi connectivity index (χ4n) is 4.10. The largest absolute Gasteiger partial charge is 0.349 e. The van der Waals surface area contributed by atoms with E-state index in [1.165, 1.54) is 22.3 Å². The molecule has 4 heteroatoms. The Kier molecular flexibility index (Phi) is 4.53. The van der Waals surface area contributed by atoms with Gasteiger partial charge in [0, 0.05) is 22.7 Å². The van der Waals surface area contributed by atoms with Crippen molar-refractivity contribution in [2.45, 2.75) is 50.6 Å². The Morgan fingerprint density at radius 2 is 1.76 bits per heavy atom. The van der Waals surface area contributed by atoms with Crippen molar-refractivity contribution in [2.75, 3.05) is 0 Å². The summed E-state index contributed by atoms with van der Waals surface area (Å²) in [6, 6.07) is 12.4. The lowest BCUT2D eigenvalue weighted by molar-refractivity contribution is 0.0938. The van der Waals surface area contributed by atoms with Crippen LogP contribution in [-0.4, -0.2) is 18.0 Å². The van der Waals surface area contributed by atoms with Gasteiger partial charge in [-0.25, -0.2) is 0 Å². The molecule has 25 heavy (non-hydrogen) atoms. The zero-order chi connectivity index (χ0) is 17.4. The van der Waals surface area contributed by atoms with Crippen LogP contribution in [0.4, 0.5) is 0 Å². The first-order valence-corrected chi connectivity index (χ1v) is 9.42. The summed E-state index contributed by atoms with van der Waals surface area (Å²) in [7, 11) is 0. The van der Waals surface area contributed by atoms with E-state index in [9.17, 15) is 4.79 Å². The highest BCUT2D eigenvalue weighted by Gasteiger charge is 2.24. The average molecular weight is 355 g/mol. The second-order valence-corrected chi connectivity index (χ2v) is 7.77. The molecule has 0 radical (unpaired) electrons. The third-order valence-corrected chi connectivity index (χ3v) is 5.64. The van der Waals surface area contributed by atoms with Crippen LogP contribution in [0.2, 0.25) is 5.02 Å². The minimum Gasteiger partial charge on any atom is -0.349 e. The van der Waals surface area contributed by atoms with E-state index < -0.39 is 0 Å². The van der Waals surface area contributed by atoms with Gasteiger partial charge in [-0.15, -0.1) is 0 Å². The summed E-state index contributed by atoms with van der Waals surface area (Å²) in [5.41, 5.74) is 12.0. The molecule has 3 N–H and O–H groups in total. The summed E-state index contributed by atoms with van der Waals surface area (Å²) < 4.78 is 0. The summed E-state index contributed by atoms with van der Waals surface area (Å²) in [6.07, 6.45) is 5.82. The first-order valence-electron chi connectivity index (χ1n) is 9.04. The van der Waals surface area contributed by atoms with E-state index in [0.29, 0.717) is 0 Å². The Balaban J connectivity index is 1.47. The Morgan fingerprint density at radius 3 is 2.64 bits per heavy atom. The number of nitrogens with one attached hydrogen (secondary N) is 1. The van der Waals surface area contributed by atoms with Gasteiger partial charge in [0.1, 0.15) is 0 Å². The molecule has 130 valence electrons. The predicted molar refractivity (Wildman–Crippen MR) is 101 cm³/mol. The first kappa shape index (κ1) is 16.6. The van der Waals surface area contributed by atoms with Gasteiger partial charge in [-0.3, -0.25) is 4.79 Å². The highest BCUT2D eigenvalue weighted by Crippen LogP contribution is 2.26. The summed E-state index contributed by atoms with van der Waals surface area (Å²) in [5.74, 6) is 0.00419. The number of halogens is 1. The number of fused-ring (bicyclic) bond motifs is 2. The third kappa shape index (κ3) is 3.58. The van der Waals surface area contributed by atoms with Gasteiger partial charge in [-0.05, 0) is 85.0 Å². The number of aryl methyl sites for hydroxylation is 1. The minimum absolute atomic E-state index is 0.00419. The molecule has 0 fully saturated rings. The zero-order valence-corrected chi connectivity index (χ0v) is 15.0. The van der Waals surface area contributed by atoms with Crippen molar-refractivity contribution in [3.8, 4) is 0 Å². The molecule has 2 atom stereocenters. The molecular weight excluding hydrogens is 332 g/mol. The van der Waals surface area contributed by atoms with Gasteiger partial charge in [-0.2, -0.15) is 0 Å². The highest BCUT2D eigenvalue weighted by atomic mass is 35.5. The molecule has 0 saturated carbocycles. The first-order chi connectivity index (χ1) is 12.1. The molecule has 0 spiro atoms. The molecule has 3 nitrogen and oxygen atoms in total. The van der Waals surface area contributed by atoms with Gasteiger partial charge in [0.15, 0.2) is 0 Å². The molecular formula is C21H23ClN2O. The topological polar surface area (TPSA) is 55.1 Å². The van der Waals surface area contributed by atoms with E-state index in [2.05, 4.69) is 17.4 Å². The quantitative estimate of drug-likeness (QED) is 0.812. The number of benzene rings is 2. The number of hydrogen-bond donors (Lipinski definition) is 2. The summed E-state index contributed by atoms with van der Waals surface area (Å²) in [4.78, 5) is 12.7. The van der Waals surface area contributed by atoms with Crippen LogP contribution in [0.3, 0.4) is 0 Å². The van der Waals surface area contributed by atoms with Crippen molar-refractivity contribution < 1.29 is 4.79 Å². The normalized spacial score (nSPS) is 22.0. The van der Waals surface area contributed by atoms with Gasteiger partial charge in [0.2, 0.25) is 0 Å². The predicted octanol–water partition coefficient (Wildman–Crippen LogP) is 3.44. The lowest BCUT2D eigenvalue weighted by atomic mass is 9.98. The maximum atomic E-state index is 12.7. The van der Waals surface area contributed by atoms with E-state index in [1.54, 1.807) is 0 Å². The van der Waals surface area contributed by atoms with Crippen molar-refractivity contribution in [3.05, 3.63) is 69.2 Å². The standard InChI is InChI=1S/C21H23ClN2O/c22-18-7-6-14-11-20(12-17(14)9-18)24-21(25)15-5-4-13-2-1-3-19(23)10-16(13)8-15/h4-9,19-20H,1-3,10-12,23H2,(H,24,25). The number of carbonyl (C=O) groups is 1. The smallest absolute Gasteiger partial charge is 0.251 e. The SMILES string of the molecule is NC1CCCc2ccc(C(=O)NC3Cc4ccc(Cl)cc4C3)cc2C1. The number of rotatable bonds is 2. The van der Waals surface area contributed by atoms with Gasteiger partial charge in [-0.1, -0.05) is 23.7 Å². The van der Waals surface area contributed by atoms with Gasteiger partial charge >= 0.3 is 0 Å².